The van der Waals surface area contributed by atoms with Crippen LogP contribution in [0.15, 0.2) is 78.9 Å². The van der Waals surface area contributed by atoms with Gasteiger partial charge in [-0.25, -0.2) is 0 Å². The maximum Gasteiger partial charge on any atom is 0.255 e. The Balaban J connectivity index is 1.72. The van der Waals surface area contributed by atoms with Crippen molar-refractivity contribution in [3.05, 3.63) is 90.0 Å². The Labute approximate surface area is 170 Å². The Morgan fingerprint density at radius 3 is 2.28 bits per heavy atom. The number of amides is 2. The van der Waals surface area contributed by atoms with Gasteiger partial charge in [0.05, 0.1) is 5.69 Å². The van der Waals surface area contributed by atoms with Crippen LogP contribution in [0.3, 0.4) is 0 Å². The molecule has 0 saturated heterocycles. The zero-order valence-electron chi connectivity index (χ0n) is 16.4. The Morgan fingerprint density at radius 2 is 1.52 bits per heavy atom. The minimum absolute atomic E-state index is 0.180. The first-order valence-corrected chi connectivity index (χ1v) is 9.69. The monoisotopic (exact) mass is 388 g/mol. The van der Waals surface area contributed by atoms with Crippen molar-refractivity contribution in [2.45, 2.75) is 19.8 Å². The predicted molar refractivity (Wildman–Crippen MR) is 115 cm³/mol. The Hall–Kier alpha value is -3.60. The fourth-order valence-electron chi connectivity index (χ4n) is 2.75. The average Bonchev–Trinajstić information content (AvgIpc) is 2.76. The second kappa shape index (κ2) is 10.1. The molecule has 0 unspecified atom stereocenters. The average molecular weight is 388 g/mol. The lowest BCUT2D eigenvalue weighted by molar-refractivity contribution is 0.0953. The summed E-state index contributed by atoms with van der Waals surface area (Å²) in [6.45, 7) is 2.69. The molecule has 3 rings (SSSR count). The fourth-order valence-corrected chi connectivity index (χ4v) is 2.75. The number of ether oxygens (including phenoxy) is 1. The van der Waals surface area contributed by atoms with Gasteiger partial charge in [-0.2, -0.15) is 0 Å². The Bertz CT molecular complexity index is 971. The van der Waals surface area contributed by atoms with Crippen LogP contribution in [0.2, 0.25) is 0 Å². The van der Waals surface area contributed by atoms with E-state index in [2.05, 4.69) is 17.6 Å². The second-order valence-corrected chi connectivity index (χ2v) is 6.56. The van der Waals surface area contributed by atoms with Crippen LogP contribution < -0.4 is 15.4 Å². The smallest absolute Gasteiger partial charge is 0.255 e. The van der Waals surface area contributed by atoms with Gasteiger partial charge in [0.15, 0.2) is 5.75 Å². The Kier molecular flexibility index (Phi) is 7.00. The molecule has 3 aromatic carbocycles. The maximum atomic E-state index is 12.8. The minimum Gasteiger partial charge on any atom is -0.455 e. The summed E-state index contributed by atoms with van der Waals surface area (Å²) < 4.78 is 5.88. The highest BCUT2D eigenvalue weighted by Crippen LogP contribution is 2.29. The van der Waals surface area contributed by atoms with Gasteiger partial charge in [-0.1, -0.05) is 49.7 Å². The largest absolute Gasteiger partial charge is 0.455 e. The number of unbranched alkanes of at least 4 members (excludes halogenated alkanes) is 1. The number of para-hydroxylation sites is 3. The lowest BCUT2D eigenvalue weighted by atomic mass is 10.1. The minimum atomic E-state index is -0.308. The van der Waals surface area contributed by atoms with Crippen LogP contribution in [0, 0.1) is 0 Å². The number of nitrogens with one attached hydrogen (secondary N) is 2. The van der Waals surface area contributed by atoms with Gasteiger partial charge in [0, 0.05) is 17.7 Å². The van der Waals surface area contributed by atoms with Crippen molar-refractivity contribution >= 4 is 17.5 Å². The summed E-state index contributed by atoms with van der Waals surface area (Å²) in [6.07, 6.45) is 1.93. The number of hydrogen-bond donors (Lipinski definition) is 2. The molecule has 0 bridgehead atoms. The van der Waals surface area contributed by atoms with Crippen molar-refractivity contribution in [1.29, 1.82) is 0 Å². The topological polar surface area (TPSA) is 67.4 Å². The molecule has 0 radical (unpaired) electrons. The first-order chi connectivity index (χ1) is 14.2. The highest BCUT2D eigenvalue weighted by atomic mass is 16.5. The summed E-state index contributed by atoms with van der Waals surface area (Å²) in [7, 11) is 0. The van der Waals surface area contributed by atoms with Crippen molar-refractivity contribution in [3.63, 3.8) is 0 Å². The maximum absolute atomic E-state index is 12.8. The molecule has 0 aliphatic rings. The first kappa shape index (κ1) is 20.1. The molecule has 0 spiro atoms. The van der Waals surface area contributed by atoms with Crippen molar-refractivity contribution < 1.29 is 14.3 Å². The van der Waals surface area contributed by atoms with Crippen LogP contribution in [0.1, 0.15) is 40.5 Å². The SMILES string of the molecule is CCCCNC(=O)c1cccc(C(=O)Nc2ccccc2Oc2ccccc2)c1. The van der Waals surface area contributed by atoms with E-state index in [-0.39, 0.29) is 11.8 Å². The molecule has 0 aliphatic carbocycles. The van der Waals surface area contributed by atoms with Gasteiger partial charge in [-0.3, -0.25) is 9.59 Å². The molecular weight excluding hydrogens is 364 g/mol. The van der Waals surface area contributed by atoms with Crippen LogP contribution in [0.25, 0.3) is 0 Å². The lowest BCUT2D eigenvalue weighted by Crippen LogP contribution is -2.24. The molecule has 0 aliphatic heterocycles. The molecule has 0 saturated carbocycles. The van der Waals surface area contributed by atoms with Crippen LogP contribution >= 0.6 is 0 Å². The number of benzene rings is 3. The molecule has 2 N–H and O–H groups in total. The lowest BCUT2D eigenvalue weighted by Gasteiger charge is -2.12. The number of hydrogen-bond acceptors (Lipinski definition) is 3. The van der Waals surface area contributed by atoms with Crippen LogP contribution in [-0.4, -0.2) is 18.4 Å². The number of carbonyl (C=O) groups is 2. The van der Waals surface area contributed by atoms with Gasteiger partial charge in [-0.15, -0.1) is 0 Å². The number of anilines is 1. The molecule has 0 heterocycles. The van der Waals surface area contributed by atoms with Gasteiger partial charge in [0.2, 0.25) is 0 Å². The zero-order chi connectivity index (χ0) is 20.5. The predicted octanol–water partition coefficient (Wildman–Crippen LogP) is 5.26. The van der Waals surface area contributed by atoms with Crippen molar-refractivity contribution in [3.8, 4) is 11.5 Å². The molecule has 0 fully saturated rings. The molecule has 5 heteroatoms. The molecule has 0 atom stereocenters. The van der Waals surface area contributed by atoms with Crippen molar-refractivity contribution in [2.24, 2.45) is 0 Å². The quantitative estimate of drug-likeness (QED) is 0.517. The molecule has 5 nitrogen and oxygen atoms in total. The van der Waals surface area contributed by atoms with E-state index in [4.69, 9.17) is 4.74 Å². The van der Waals surface area contributed by atoms with E-state index < -0.39 is 0 Å². The molecule has 29 heavy (non-hydrogen) atoms. The summed E-state index contributed by atoms with van der Waals surface area (Å²) in [6, 6.07) is 23.3. The highest BCUT2D eigenvalue weighted by Gasteiger charge is 2.13. The van der Waals surface area contributed by atoms with E-state index in [1.54, 1.807) is 36.4 Å². The summed E-state index contributed by atoms with van der Waals surface area (Å²) >= 11 is 0. The first-order valence-electron chi connectivity index (χ1n) is 9.69. The molecule has 0 aromatic heterocycles. The van der Waals surface area contributed by atoms with E-state index in [9.17, 15) is 9.59 Å². The van der Waals surface area contributed by atoms with Crippen LogP contribution in [0.5, 0.6) is 11.5 Å². The number of carbonyl (C=O) groups excluding carboxylic acids is 2. The van der Waals surface area contributed by atoms with Gasteiger partial charge < -0.3 is 15.4 Å². The third-order valence-corrected chi connectivity index (χ3v) is 4.31. The summed E-state index contributed by atoms with van der Waals surface area (Å²) in [4.78, 5) is 25.0. The van der Waals surface area contributed by atoms with E-state index in [0.29, 0.717) is 34.9 Å². The van der Waals surface area contributed by atoms with E-state index in [1.165, 1.54) is 0 Å². The summed E-state index contributed by atoms with van der Waals surface area (Å²) in [5.41, 5.74) is 1.42. The third-order valence-electron chi connectivity index (χ3n) is 4.31. The number of rotatable bonds is 8. The summed E-state index contributed by atoms with van der Waals surface area (Å²) in [5.74, 6) is 0.735. The standard InChI is InChI=1S/C24H24N2O3/c1-2-3-16-25-23(27)18-10-9-11-19(17-18)24(28)26-21-14-7-8-15-22(21)29-20-12-5-4-6-13-20/h4-15,17H,2-3,16H2,1H3,(H,25,27)(H,26,28). The van der Waals surface area contributed by atoms with Crippen LogP contribution in [0.4, 0.5) is 5.69 Å². The highest BCUT2D eigenvalue weighted by molar-refractivity contribution is 6.06. The molecule has 3 aromatic rings. The Morgan fingerprint density at radius 1 is 0.828 bits per heavy atom. The van der Waals surface area contributed by atoms with Crippen molar-refractivity contribution in [2.75, 3.05) is 11.9 Å². The normalized spacial score (nSPS) is 10.2. The van der Waals surface area contributed by atoms with Gasteiger partial charge >= 0.3 is 0 Å². The molecular formula is C24H24N2O3. The van der Waals surface area contributed by atoms with E-state index in [1.807, 2.05) is 42.5 Å². The van der Waals surface area contributed by atoms with Crippen molar-refractivity contribution in [1.82, 2.24) is 5.32 Å². The third kappa shape index (κ3) is 5.69. The van der Waals surface area contributed by atoms with Gasteiger partial charge in [-0.05, 0) is 48.9 Å². The molecule has 148 valence electrons. The summed E-state index contributed by atoms with van der Waals surface area (Å²) in [5, 5.41) is 5.73. The van der Waals surface area contributed by atoms with E-state index >= 15 is 0 Å². The zero-order valence-corrected chi connectivity index (χ0v) is 16.4. The fraction of sp³-hybridized carbons (Fsp3) is 0.167. The van der Waals surface area contributed by atoms with E-state index in [0.717, 1.165) is 12.8 Å². The van der Waals surface area contributed by atoms with Crippen LogP contribution in [-0.2, 0) is 0 Å². The van der Waals surface area contributed by atoms with Gasteiger partial charge in [0.1, 0.15) is 5.75 Å². The van der Waals surface area contributed by atoms with Gasteiger partial charge in [0.25, 0.3) is 11.8 Å². The second-order valence-electron chi connectivity index (χ2n) is 6.56. The molecule has 2 amide bonds.